The molecule has 5 nitrogen and oxygen atoms in total. The lowest BCUT2D eigenvalue weighted by atomic mass is 10.0. The molecule has 0 atom stereocenters. The topological polar surface area (TPSA) is 63.7 Å². The predicted molar refractivity (Wildman–Crippen MR) is 79.0 cm³/mol. The van der Waals surface area contributed by atoms with Crippen molar-refractivity contribution in [1.82, 2.24) is 4.90 Å². The van der Waals surface area contributed by atoms with Gasteiger partial charge in [0.15, 0.2) is 0 Å². The molecule has 0 unspecified atom stereocenters. The molecule has 0 heterocycles. The highest BCUT2D eigenvalue weighted by molar-refractivity contribution is 5.95. The number of methoxy groups -OCH3 is 1. The van der Waals surface area contributed by atoms with Crippen molar-refractivity contribution < 1.29 is 19.1 Å². The fourth-order valence-electron chi connectivity index (χ4n) is 1.91. The minimum atomic E-state index is -0.452. The molecule has 0 aliphatic carbocycles. The van der Waals surface area contributed by atoms with Gasteiger partial charge in [-0.15, -0.1) is 0 Å². The molecule has 0 saturated heterocycles. The number of esters is 1. The van der Waals surface area contributed by atoms with Crippen LogP contribution < -0.4 is 0 Å². The Hall–Kier alpha value is -2.17. The van der Waals surface area contributed by atoms with Crippen LogP contribution in [0.1, 0.15) is 35.7 Å². The lowest BCUT2D eigenvalue weighted by Gasteiger charge is -2.15. The number of likely N-dealkylation sites (N-methyl/N-ethyl adjacent to an activating group) is 1. The second kappa shape index (κ2) is 8.19. The number of ether oxygens (including phenoxy) is 1. The third-order valence-electron chi connectivity index (χ3n) is 3.14. The second-order valence-corrected chi connectivity index (χ2v) is 4.99. The van der Waals surface area contributed by atoms with Gasteiger partial charge in [-0.25, -0.2) is 0 Å². The first kappa shape index (κ1) is 16.9. The zero-order chi connectivity index (χ0) is 15.8. The number of carbonyl (C=O) groups is 3. The molecule has 5 heteroatoms. The normalized spacial score (nSPS) is 10.0. The van der Waals surface area contributed by atoms with Crippen molar-refractivity contribution in [1.29, 1.82) is 0 Å². The Morgan fingerprint density at radius 3 is 2.29 bits per heavy atom. The largest absolute Gasteiger partial charge is 0.468 e. The van der Waals surface area contributed by atoms with E-state index in [4.69, 9.17) is 0 Å². The Bertz CT molecular complexity index is 508. The van der Waals surface area contributed by atoms with E-state index in [2.05, 4.69) is 4.74 Å². The van der Waals surface area contributed by atoms with Crippen LogP contribution in [0.5, 0.6) is 0 Å². The number of Topliss-reactive ketones (excluding diaryl/α,β-unsaturated/α-hetero) is 1. The highest BCUT2D eigenvalue weighted by Gasteiger charge is 2.14. The van der Waals surface area contributed by atoms with E-state index in [1.165, 1.54) is 12.0 Å². The molecule has 0 aromatic heterocycles. The van der Waals surface area contributed by atoms with Gasteiger partial charge in [-0.05, 0) is 37.5 Å². The van der Waals surface area contributed by atoms with E-state index < -0.39 is 5.97 Å². The average molecular weight is 291 g/mol. The summed E-state index contributed by atoms with van der Waals surface area (Å²) in [5, 5.41) is 0. The highest BCUT2D eigenvalue weighted by Crippen LogP contribution is 2.10. The molecule has 1 aromatic carbocycles. The number of hydrogen-bond donors (Lipinski definition) is 0. The number of aryl methyl sites for hydroxylation is 1. The summed E-state index contributed by atoms with van der Waals surface area (Å²) in [5.41, 5.74) is 1.61. The summed E-state index contributed by atoms with van der Waals surface area (Å²) >= 11 is 0. The van der Waals surface area contributed by atoms with Gasteiger partial charge in [-0.2, -0.15) is 0 Å². The van der Waals surface area contributed by atoms with E-state index in [1.54, 1.807) is 26.1 Å². The number of amides is 1. The van der Waals surface area contributed by atoms with Gasteiger partial charge < -0.3 is 14.4 Å². The molecular weight excluding hydrogens is 270 g/mol. The van der Waals surface area contributed by atoms with Crippen molar-refractivity contribution in [2.24, 2.45) is 0 Å². The van der Waals surface area contributed by atoms with Crippen LogP contribution in [0.2, 0.25) is 0 Å². The van der Waals surface area contributed by atoms with Gasteiger partial charge in [-0.3, -0.25) is 9.59 Å². The van der Waals surface area contributed by atoms with E-state index in [-0.39, 0.29) is 18.2 Å². The molecule has 0 radical (unpaired) electrons. The molecule has 0 N–H and O–H groups in total. The SMILES string of the molecule is COC(=O)CN(C)C(=O)c1ccc(CCCC(C)=O)cc1. The summed E-state index contributed by atoms with van der Waals surface area (Å²) in [6.07, 6.45) is 2.19. The van der Waals surface area contributed by atoms with Crippen LogP contribution in [0.15, 0.2) is 24.3 Å². The van der Waals surface area contributed by atoms with E-state index >= 15 is 0 Å². The van der Waals surface area contributed by atoms with Gasteiger partial charge in [0.05, 0.1) is 7.11 Å². The van der Waals surface area contributed by atoms with Gasteiger partial charge in [0, 0.05) is 19.0 Å². The quantitative estimate of drug-likeness (QED) is 0.719. The van der Waals surface area contributed by atoms with Crippen LogP contribution in [-0.4, -0.2) is 43.3 Å². The Morgan fingerprint density at radius 2 is 1.76 bits per heavy atom. The van der Waals surface area contributed by atoms with E-state index in [0.717, 1.165) is 18.4 Å². The fraction of sp³-hybridized carbons (Fsp3) is 0.438. The van der Waals surface area contributed by atoms with Crippen LogP contribution in [0, 0.1) is 0 Å². The van der Waals surface area contributed by atoms with Gasteiger partial charge in [-0.1, -0.05) is 12.1 Å². The molecule has 0 saturated carbocycles. The van der Waals surface area contributed by atoms with Crippen LogP contribution in [0.4, 0.5) is 0 Å². The maximum Gasteiger partial charge on any atom is 0.325 e. The first-order chi connectivity index (χ1) is 9.93. The van der Waals surface area contributed by atoms with E-state index in [1.807, 2.05) is 12.1 Å². The zero-order valence-corrected chi connectivity index (χ0v) is 12.7. The van der Waals surface area contributed by atoms with Crippen molar-refractivity contribution in [3.05, 3.63) is 35.4 Å². The molecule has 114 valence electrons. The van der Waals surface area contributed by atoms with Crippen molar-refractivity contribution >= 4 is 17.7 Å². The maximum absolute atomic E-state index is 12.1. The summed E-state index contributed by atoms with van der Waals surface area (Å²) in [6.45, 7) is 1.51. The minimum Gasteiger partial charge on any atom is -0.468 e. The Balaban J connectivity index is 2.58. The molecular formula is C16H21NO4. The number of ketones is 1. The lowest BCUT2D eigenvalue weighted by Crippen LogP contribution is -2.32. The van der Waals surface area contributed by atoms with Crippen molar-refractivity contribution in [3.63, 3.8) is 0 Å². The Kier molecular flexibility index (Phi) is 6.59. The molecule has 0 aliphatic heterocycles. The van der Waals surface area contributed by atoms with Crippen molar-refractivity contribution in [2.75, 3.05) is 20.7 Å². The summed E-state index contributed by atoms with van der Waals surface area (Å²) in [6, 6.07) is 7.22. The molecule has 1 aromatic rings. The predicted octanol–water partition coefficient (Wildman–Crippen LogP) is 1.84. The zero-order valence-electron chi connectivity index (χ0n) is 12.7. The van der Waals surface area contributed by atoms with E-state index in [0.29, 0.717) is 12.0 Å². The number of benzene rings is 1. The Morgan fingerprint density at radius 1 is 1.14 bits per heavy atom. The monoisotopic (exact) mass is 291 g/mol. The summed E-state index contributed by atoms with van der Waals surface area (Å²) < 4.78 is 4.53. The number of nitrogens with zero attached hydrogens (tertiary/aromatic N) is 1. The minimum absolute atomic E-state index is 0.0737. The molecule has 1 rings (SSSR count). The van der Waals surface area contributed by atoms with Gasteiger partial charge in [0.2, 0.25) is 0 Å². The molecule has 0 fully saturated rings. The third-order valence-corrected chi connectivity index (χ3v) is 3.14. The summed E-state index contributed by atoms with van der Waals surface area (Å²) in [7, 11) is 2.84. The lowest BCUT2D eigenvalue weighted by molar-refractivity contribution is -0.141. The summed E-state index contributed by atoms with van der Waals surface area (Å²) in [5.74, 6) is -0.492. The van der Waals surface area contributed by atoms with Crippen molar-refractivity contribution in [3.8, 4) is 0 Å². The molecule has 0 spiro atoms. The highest BCUT2D eigenvalue weighted by atomic mass is 16.5. The molecule has 21 heavy (non-hydrogen) atoms. The van der Waals surface area contributed by atoms with Gasteiger partial charge >= 0.3 is 5.97 Å². The van der Waals surface area contributed by atoms with Crippen LogP contribution >= 0.6 is 0 Å². The number of hydrogen-bond acceptors (Lipinski definition) is 4. The standard InChI is InChI=1S/C16H21NO4/c1-12(18)5-4-6-13-7-9-14(10-8-13)16(20)17(2)11-15(19)21-3/h7-10H,4-6,11H2,1-3H3. The van der Waals surface area contributed by atoms with Crippen molar-refractivity contribution in [2.45, 2.75) is 26.2 Å². The molecule has 0 bridgehead atoms. The second-order valence-electron chi connectivity index (χ2n) is 4.99. The number of carbonyl (C=O) groups excluding carboxylic acids is 3. The van der Waals surface area contributed by atoms with Gasteiger partial charge in [0.25, 0.3) is 5.91 Å². The molecule has 0 aliphatic rings. The maximum atomic E-state index is 12.1. The van der Waals surface area contributed by atoms with Crippen LogP contribution in [0.25, 0.3) is 0 Å². The van der Waals surface area contributed by atoms with Crippen LogP contribution in [-0.2, 0) is 20.7 Å². The summed E-state index contributed by atoms with van der Waals surface area (Å²) in [4.78, 5) is 35.4. The van der Waals surface area contributed by atoms with Gasteiger partial charge in [0.1, 0.15) is 12.3 Å². The third kappa shape index (κ3) is 5.77. The fourth-order valence-corrected chi connectivity index (χ4v) is 1.91. The first-order valence-electron chi connectivity index (χ1n) is 6.84. The van der Waals surface area contributed by atoms with Crippen LogP contribution in [0.3, 0.4) is 0 Å². The molecule has 1 amide bonds. The number of rotatable bonds is 7. The average Bonchev–Trinajstić information content (AvgIpc) is 2.46. The first-order valence-corrected chi connectivity index (χ1v) is 6.84. The smallest absolute Gasteiger partial charge is 0.325 e. The van der Waals surface area contributed by atoms with E-state index in [9.17, 15) is 14.4 Å². The Labute approximate surface area is 124 Å².